The lowest BCUT2D eigenvalue weighted by molar-refractivity contribution is -0.116. The number of hydrogen-bond donors (Lipinski definition) is 1. The van der Waals surface area contributed by atoms with Crippen LogP contribution in [0.25, 0.3) is 11.5 Å². The molecule has 0 aliphatic carbocycles. The Labute approximate surface area is 147 Å². The van der Waals surface area contributed by atoms with Gasteiger partial charge < -0.3 is 14.5 Å². The molecule has 0 aliphatic heterocycles. The zero-order valence-corrected chi connectivity index (χ0v) is 14.4. The second-order valence-electron chi connectivity index (χ2n) is 4.91. The molecule has 0 atom stereocenters. The maximum atomic E-state index is 12.1. The van der Waals surface area contributed by atoms with E-state index in [2.05, 4.69) is 15.5 Å². The molecule has 1 aromatic carbocycles. The molecule has 0 unspecified atom stereocenters. The van der Waals surface area contributed by atoms with Gasteiger partial charge in [0, 0.05) is 28.8 Å². The number of amides is 1. The number of thiophene rings is 1. The van der Waals surface area contributed by atoms with Gasteiger partial charge in [-0.3, -0.25) is 4.79 Å². The van der Waals surface area contributed by atoms with E-state index in [-0.39, 0.29) is 12.3 Å². The van der Waals surface area contributed by atoms with Crippen molar-refractivity contribution in [3.8, 4) is 17.2 Å². The van der Waals surface area contributed by atoms with E-state index >= 15 is 0 Å². The molecule has 0 spiro atoms. The lowest BCUT2D eigenvalue weighted by atomic mass is 10.2. The van der Waals surface area contributed by atoms with Gasteiger partial charge in [-0.05, 0) is 29.6 Å². The number of halogens is 1. The van der Waals surface area contributed by atoms with Gasteiger partial charge >= 0.3 is 0 Å². The summed E-state index contributed by atoms with van der Waals surface area (Å²) in [5, 5.41) is 15.1. The molecule has 0 fully saturated rings. The van der Waals surface area contributed by atoms with Crippen LogP contribution in [0.4, 0.5) is 5.69 Å². The van der Waals surface area contributed by atoms with Crippen molar-refractivity contribution in [2.45, 2.75) is 12.8 Å². The topological polar surface area (TPSA) is 77.2 Å². The summed E-state index contributed by atoms with van der Waals surface area (Å²) >= 11 is 7.50. The summed E-state index contributed by atoms with van der Waals surface area (Å²) < 4.78 is 10.7. The van der Waals surface area contributed by atoms with Crippen LogP contribution in [0.5, 0.6) is 5.75 Å². The number of carbonyl (C=O) groups is 1. The van der Waals surface area contributed by atoms with Crippen molar-refractivity contribution in [3.05, 3.63) is 45.9 Å². The van der Waals surface area contributed by atoms with Crippen LogP contribution in [0.3, 0.4) is 0 Å². The van der Waals surface area contributed by atoms with E-state index in [9.17, 15) is 4.79 Å². The van der Waals surface area contributed by atoms with Gasteiger partial charge in [-0.15, -0.1) is 10.2 Å². The SMILES string of the molecule is COc1ccc(Cl)cc1NC(=O)CCc1nnc(-c2ccsc2)o1. The molecular formula is C16H14ClN3O3S. The normalized spacial score (nSPS) is 10.6. The van der Waals surface area contributed by atoms with Gasteiger partial charge in [0.15, 0.2) is 0 Å². The molecule has 3 aromatic rings. The average Bonchev–Trinajstić information content (AvgIpc) is 3.24. The van der Waals surface area contributed by atoms with Crippen LogP contribution in [-0.2, 0) is 11.2 Å². The maximum absolute atomic E-state index is 12.1. The smallest absolute Gasteiger partial charge is 0.248 e. The molecule has 2 aromatic heterocycles. The van der Waals surface area contributed by atoms with Gasteiger partial charge in [0.05, 0.1) is 12.8 Å². The fourth-order valence-electron chi connectivity index (χ4n) is 2.07. The summed E-state index contributed by atoms with van der Waals surface area (Å²) in [7, 11) is 1.53. The predicted octanol–water partition coefficient (Wildman–Crippen LogP) is 4.03. The Balaban J connectivity index is 1.59. The van der Waals surface area contributed by atoms with E-state index < -0.39 is 0 Å². The number of hydrogen-bond acceptors (Lipinski definition) is 6. The highest BCUT2D eigenvalue weighted by Crippen LogP contribution is 2.28. The third-order valence-corrected chi connectivity index (χ3v) is 4.15. The molecule has 0 aliphatic rings. The molecule has 2 heterocycles. The number of benzene rings is 1. The van der Waals surface area contributed by atoms with Crippen LogP contribution in [0.1, 0.15) is 12.3 Å². The van der Waals surface area contributed by atoms with Gasteiger partial charge in [-0.25, -0.2) is 0 Å². The monoisotopic (exact) mass is 363 g/mol. The number of anilines is 1. The van der Waals surface area contributed by atoms with Crippen molar-refractivity contribution < 1.29 is 13.9 Å². The third-order valence-electron chi connectivity index (χ3n) is 3.24. The van der Waals surface area contributed by atoms with E-state index in [1.807, 2.05) is 16.8 Å². The Hall–Kier alpha value is -2.38. The van der Waals surface area contributed by atoms with Crippen molar-refractivity contribution in [1.82, 2.24) is 10.2 Å². The van der Waals surface area contributed by atoms with Crippen LogP contribution in [-0.4, -0.2) is 23.2 Å². The lowest BCUT2D eigenvalue weighted by Crippen LogP contribution is -2.13. The molecule has 1 amide bonds. The average molecular weight is 364 g/mol. The van der Waals surface area contributed by atoms with Crippen LogP contribution in [0, 0.1) is 0 Å². The Morgan fingerprint density at radius 3 is 3.00 bits per heavy atom. The zero-order valence-electron chi connectivity index (χ0n) is 12.8. The summed E-state index contributed by atoms with van der Waals surface area (Å²) in [6.07, 6.45) is 0.562. The van der Waals surface area contributed by atoms with Gasteiger partial charge in [-0.1, -0.05) is 11.6 Å². The zero-order chi connectivity index (χ0) is 16.9. The third kappa shape index (κ3) is 3.93. The molecular weight excluding hydrogens is 350 g/mol. The minimum atomic E-state index is -0.189. The molecule has 0 saturated carbocycles. The summed E-state index contributed by atoms with van der Waals surface area (Å²) in [5.41, 5.74) is 1.41. The number of ether oxygens (including phenoxy) is 1. The minimum Gasteiger partial charge on any atom is -0.495 e. The summed E-state index contributed by atoms with van der Waals surface area (Å²) in [6, 6.07) is 6.93. The van der Waals surface area contributed by atoms with E-state index in [1.54, 1.807) is 29.5 Å². The Morgan fingerprint density at radius 2 is 2.25 bits per heavy atom. The van der Waals surface area contributed by atoms with Gasteiger partial charge in [0.25, 0.3) is 0 Å². The Bertz CT molecular complexity index is 833. The fraction of sp³-hybridized carbons (Fsp3) is 0.188. The molecule has 24 heavy (non-hydrogen) atoms. The number of rotatable bonds is 6. The molecule has 124 valence electrons. The molecule has 0 saturated heterocycles. The molecule has 3 rings (SSSR count). The van der Waals surface area contributed by atoms with Crippen molar-refractivity contribution >= 4 is 34.5 Å². The molecule has 6 nitrogen and oxygen atoms in total. The number of aromatic nitrogens is 2. The highest BCUT2D eigenvalue weighted by Gasteiger charge is 2.12. The summed E-state index contributed by atoms with van der Waals surface area (Å²) in [5.74, 6) is 1.24. The van der Waals surface area contributed by atoms with Crippen LogP contribution >= 0.6 is 22.9 Å². The van der Waals surface area contributed by atoms with E-state index in [4.69, 9.17) is 20.8 Å². The lowest BCUT2D eigenvalue weighted by Gasteiger charge is -2.10. The quantitative estimate of drug-likeness (QED) is 0.715. The number of nitrogens with one attached hydrogen (secondary N) is 1. The highest BCUT2D eigenvalue weighted by atomic mass is 35.5. The first-order chi connectivity index (χ1) is 11.7. The number of aryl methyl sites for hydroxylation is 1. The molecule has 1 N–H and O–H groups in total. The summed E-state index contributed by atoms with van der Waals surface area (Å²) in [4.78, 5) is 12.1. The van der Waals surface area contributed by atoms with Gasteiger partial charge in [0.1, 0.15) is 5.75 Å². The molecule has 0 bridgehead atoms. The first-order valence-corrected chi connectivity index (χ1v) is 8.46. The van der Waals surface area contributed by atoms with E-state index in [0.29, 0.717) is 34.7 Å². The van der Waals surface area contributed by atoms with Crippen LogP contribution in [0.15, 0.2) is 39.4 Å². The Kier molecular flexibility index (Phi) is 5.12. The highest BCUT2D eigenvalue weighted by molar-refractivity contribution is 7.08. The second-order valence-corrected chi connectivity index (χ2v) is 6.12. The van der Waals surface area contributed by atoms with Gasteiger partial charge in [0.2, 0.25) is 17.7 Å². The second kappa shape index (κ2) is 7.46. The number of methoxy groups -OCH3 is 1. The van der Waals surface area contributed by atoms with Crippen molar-refractivity contribution in [2.75, 3.05) is 12.4 Å². The predicted molar refractivity (Wildman–Crippen MR) is 92.6 cm³/mol. The molecule has 0 radical (unpaired) electrons. The van der Waals surface area contributed by atoms with Crippen molar-refractivity contribution in [3.63, 3.8) is 0 Å². The standard InChI is InChI=1S/C16H14ClN3O3S/c1-22-13-3-2-11(17)8-12(13)18-14(21)4-5-15-19-20-16(23-15)10-6-7-24-9-10/h2-3,6-9H,4-5H2,1H3,(H,18,21). The first kappa shape index (κ1) is 16.5. The minimum absolute atomic E-state index is 0.189. The van der Waals surface area contributed by atoms with E-state index in [1.165, 1.54) is 7.11 Å². The van der Waals surface area contributed by atoms with E-state index in [0.717, 1.165) is 5.56 Å². The number of carbonyl (C=O) groups excluding carboxylic acids is 1. The largest absolute Gasteiger partial charge is 0.495 e. The molecule has 8 heteroatoms. The first-order valence-electron chi connectivity index (χ1n) is 7.14. The Morgan fingerprint density at radius 1 is 1.38 bits per heavy atom. The van der Waals surface area contributed by atoms with Crippen LogP contribution in [0.2, 0.25) is 5.02 Å². The summed E-state index contributed by atoms with van der Waals surface area (Å²) in [6.45, 7) is 0. The van der Waals surface area contributed by atoms with Crippen LogP contribution < -0.4 is 10.1 Å². The van der Waals surface area contributed by atoms with Crippen molar-refractivity contribution in [2.24, 2.45) is 0 Å². The maximum Gasteiger partial charge on any atom is 0.248 e. The van der Waals surface area contributed by atoms with Crippen molar-refractivity contribution in [1.29, 1.82) is 0 Å². The fourth-order valence-corrected chi connectivity index (χ4v) is 2.87. The van der Waals surface area contributed by atoms with Gasteiger partial charge in [-0.2, -0.15) is 11.3 Å². The number of nitrogens with zero attached hydrogens (tertiary/aromatic N) is 2.